The van der Waals surface area contributed by atoms with Gasteiger partial charge in [-0.25, -0.2) is 0 Å². The van der Waals surface area contributed by atoms with Crippen molar-refractivity contribution in [1.29, 1.82) is 0 Å². The highest BCUT2D eigenvalue weighted by molar-refractivity contribution is 5.83. The molecule has 0 aromatic heterocycles. The molecule has 122 valence electrons. The maximum atomic E-state index is 12.5. The third-order valence-corrected chi connectivity index (χ3v) is 5.34. The van der Waals surface area contributed by atoms with E-state index in [9.17, 15) is 9.90 Å². The molecule has 1 atom stereocenters. The summed E-state index contributed by atoms with van der Waals surface area (Å²) in [5, 5.41) is 10.3. The van der Waals surface area contributed by atoms with Crippen molar-refractivity contribution in [2.24, 2.45) is 5.41 Å². The van der Waals surface area contributed by atoms with Crippen LogP contribution >= 0.6 is 0 Å². The van der Waals surface area contributed by atoms with Crippen LogP contribution in [0.25, 0.3) is 0 Å². The Balaban J connectivity index is 1.76. The molecule has 1 aliphatic carbocycles. The summed E-state index contributed by atoms with van der Waals surface area (Å²) in [6.45, 7) is 7.35. The van der Waals surface area contributed by atoms with Gasteiger partial charge >= 0.3 is 0 Å². The molecule has 0 radical (unpaired) electrons. The number of β-amino-alcohol motifs (C(OH)–C–C–N with tert-alkyl or cyclic N) is 1. The molecule has 1 saturated carbocycles. The van der Waals surface area contributed by atoms with Crippen LogP contribution in [0.15, 0.2) is 0 Å². The van der Waals surface area contributed by atoms with Gasteiger partial charge in [0, 0.05) is 51.7 Å². The van der Waals surface area contributed by atoms with Gasteiger partial charge < -0.3 is 14.9 Å². The Morgan fingerprint density at radius 1 is 1.29 bits per heavy atom. The molecule has 5 nitrogen and oxygen atoms in total. The Morgan fingerprint density at radius 3 is 2.38 bits per heavy atom. The lowest BCUT2D eigenvalue weighted by molar-refractivity contribution is -0.147. The van der Waals surface area contributed by atoms with E-state index in [2.05, 4.69) is 23.8 Å². The maximum absolute atomic E-state index is 12.5. The van der Waals surface area contributed by atoms with Gasteiger partial charge in [-0.3, -0.25) is 9.69 Å². The number of piperazine rings is 1. The fourth-order valence-electron chi connectivity index (χ4n) is 3.51. The van der Waals surface area contributed by atoms with Crippen LogP contribution in [-0.2, 0) is 4.79 Å². The summed E-state index contributed by atoms with van der Waals surface area (Å²) in [5.41, 5.74) is -0.123. The van der Waals surface area contributed by atoms with Crippen molar-refractivity contribution in [3.8, 4) is 0 Å². The van der Waals surface area contributed by atoms with Crippen LogP contribution in [0.2, 0.25) is 0 Å². The number of aliphatic hydroxyl groups excluding tert-OH is 1. The minimum atomic E-state index is -0.448. The van der Waals surface area contributed by atoms with Gasteiger partial charge in [0.2, 0.25) is 5.91 Å². The van der Waals surface area contributed by atoms with Gasteiger partial charge in [0.1, 0.15) is 0 Å². The van der Waals surface area contributed by atoms with Crippen molar-refractivity contribution in [2.75, 3.05) is 53.4 Å². The van der Waals surface area contributed by atoms with E-state index in [1.54, 1.807) is 4.90 Å². The minimum Gasteiger partial charge on any atom is -0.390 e. The molecule has 2 aliphatic rings. The Kier molecular flexibility index (Phi) is 5.63. The molecule has 2 rings (SSSR count). The first-order valence-electron chi connectivity index (χ1n) is 8.31. The van der Waals surface area contributed by atoms with E-state index in [1.807, 2.05) is 7.05 Å². The zero-order valence-electron chi connectivity index (χ0n) is 13.8. The zero-order chi connectivity index (χ0) is 15.5. The molecule has 5 heteroatoms. The van der Waals surface area contributed by atoms with E-state index < -0.39 is 6.10 Å². The molecule has 1 N–H and O–H groups in total. The smallest absolute Gasteiger partial charge is 0.228 e. The van der Waals surface area contributed by atoms with E-state index >= 15 is 0 Å². The predicted octanol–water partition coefficient (Wildman–Crippen LogP) is 0.633. The van der Waals surface area contributed by atoms with Gasteiger partial charge in [-0.05, 0) is 26.3 Å². The van der Waals surface area contributed by atoms with Crippen LogP contribution in [0.4, 0.5) is 0 Å². The van der Waals surface area contributed by atoms with Gasteiger partial charge in [0.15, 0.2) is 0 Å². The minimum absolute atomic E-state index is 0.123. The summed E-state index contributed by atoms with van der Waals surface area (Å²) < 4.78 is 0. The highest BCUT2D eigenvalue weighted by Gasteiger charge is 2.44. The normalized spacial score (nSPS) is 24.4. The van der Waals surface area contributed by atoms with E-state index in [4.69, 9.17) is 0 Å². The first kappa shape index (κ1) is 16.7. The number of likely N-dealkylation sites (N-methyl/N-ethyl adjacent to an activating group) is 2. The third kappa shape index (κ3) is 3.96. The first-order valence-corrected chi connectivity index (χ1v) is 8.31. The monoisotopic (exact) mass is 297 g/mol. The summed E-state index contributed by atoms with van der Waals surface area (Å²) in [7, 11) is 3.97. The fraction of sp³-hybridized carbons (Fsp3) is 0.938. The second-order valence-corrected chi connectivity index (χ2v) is 6.93. The fourth-order valence-corrected chi connectivity index (χ4v) is 3.51. The zero-order valence-corrected chi connectivity index (χ0v) is 13.8. The molecule has 1 saturated heterocycles. The topological polar surface area (TPSA) is 47.0 Å². The third-order valence-electron chi connectivity index (χ3n) is 5.34. The molecule has 1 amide bonds. The van der Waals surface area contributed by atoms with Crippen LogP contribution in [-0.4, -0.2) is 85.2 Å². The standard InChI is InChI=1S/C16H31N3O2/c1-4-16(6-5-7-16)15(21)18(3)12-14(20)13-19-10-8-17(2)9-11-19/h14,20H,4-13H2,1-3H3. The molecule has 1 unspecified atom stereocenters. The number of carbonyl (C=O) groups is 1. The lowest BCUT2D eigenvalue weighted by Gasteiger charge is -2.42. The first-order chi connectivity index (χ1) is 9.97. The van der Waals surface area contributed by atoms with Crippen LogP contribution in [0, 0.1) is 5.41 Å². The molecule has 2 fully saturated rings. The number of carbonyl (C=O) groups excluding carboxylic acids is 1. The van der Waals surface area contributed by atoms with Crippen LogP contribution < -0.4 is 0 Å². The number of hydrogen-bond donors (Lipinski definition) is 1. The summed E-state index contributed by atoms with van der Waals surface area (Å²) in [4.78, 5) is 18.9. The molecular formula is C16H31N3O2. The summed E-state index contributed by atoms with van der Waals surface area (Å²) >= 11 is 0. The molecule has 0 spiro atoms. The average Bonchev–Trinajstić information content (AvgIpc) is 2.40. The van der Waals surface area contributed by atoms with Crippen molar-refractivity contribution >= 4 is 5.91 Å². The van der Waals surface area contributed by atoms with Crippen LogP contribution in [0.1, 0.15) is 32.6 Å². The predicted molar refractivity (Wildman–Crippen MR) is 84.2 cm³/mol. The van der Waals surface area contributed by atoms with Crippen molar-refractivity contribution in [2.45, 2.75) is 38.7 Å². The van der Waals surface area contributed by atoms with Crippen molar-refractivity contribution in [3.05, 3.63) is 0 Å². The van der Waals surface area contributed by atoms with Crippen molar-refractivity contribution in [3.63, 3.8) is 0 Å². The largest absolute Gasteiger partial charge is 0.390 e. The highest BCUT2D eigenvalue weighted by atomic mass is 16.3. The van der Waals surface area contributed by atoms with E-state index in [1.165, 1.54) is 0 Å². The van der Waals surface area contributed by atoms with Gasteiger partial charge in [-0.15, -0.1) is 0 Å². The SMILES string of the molecule is CCC1(C(=O)N(C)CC(O)CN2CCN(C)CC2)CCC1. The molecule has 1 heterocycles. The van der Waals surface area contributed by atoms with Gasteiger partial charge in [-0.1, -0.05) is 13.3 Å². The second kappa shape index (κ2) is 7.07. The Labute approximate surface area is 128 Å². The number of amides is 1. The van der Waals surface area contributed by atoms with Gasteiger partial charge in [0.25, 0.3) is 0 Å². The van der Waals surface area contributed by atoms with Crippen LogP contribution in [0.5, 0.6) is 0 Å². The molecule has 0 aromatic carbocycles. The Bertz CT molecular complexity index is 344. The lowest BCUT2D eigenvalue weighted by atomic mass is 9.66. The molecular weight excluding hydrogens is 266 g/mol. The molecule has 0 bridgehead atoms. The van der Waals surface area contributed by atoms with E-state index in [-0.39, 0.29) is 11.3 Å². The summed E-state index contributed by atoms with van der Waals surface area (Å²) in [6.07, 6.45) is 3.67. The molecule has 0 aromatic rings. The number of rotatable bonds is 6. The quantitative estimate of drug-likeness (QED) is 0.781. The second-order valence-electron chi connectivity index (χ2n) is 6.93. The Morgan fingerprint density at radius 2 is 1.90 bits per heavy atom. The summed E-state index contributed by atoms with van der Waals surface area (Å²) in [6, 6.07) is 0. The molecule has 21 heavy (non-hydrogen) atoms. The van der Waals surface area contributed by atoms with E-state index in [0.717, 1.165) is 51.9 Å². The molecule has 1 aliphatic heterocycles. The number of hydrogen-bond acceptors (Lipinski definition) is 4. The van der Waals surface area contributed by atoms with Gasteiger partial charge in [-0.2, -0.15) is 0 Å². The summed E-state index contributed by atoms with van der Waals surface area (Å²) in [5.74, 6) is 0.230. The lowest BCUT2D eigenvalue weighted by Crippen LogP contribution is -2.51. The van der Waals surface area contributed by atoms with Crippen molar-refractivity contribution in [1.82, 2.24) is 14.7 Å². The Hall–Kier alpha value is -0.650. The van der Waals surface area contributed by atoms with Crippen LogP contribution in [0.3, 0.4) is 0 Å². The number of nitrogens with zero attached hydrogens (tertiary/aromatic N) is 3. The highest BCUT2D eigenvalue weighted by Crippen LogP contribution is 2.45. The average molecular weight is 297 g/mol. The number of aliphatic hydroxyl groups is 1. The maximum Gasteiger partial charge on any atom is 0.228 e. The van der Waals surface area contributed by atoms with E-state index in [0.29, 0.717) is 13.1 Å². The van der Waals surface area contributed by atoms with Crippen molar-refractivity contribution < 1.29 is 9.90 Å². The van der Waals surface area contributed by atoms with Gasteiger partial charge in [0.05, 0.1) is 6.10 Å².